The summed E-state index contributed by atoms with van der Waals surface area (Å²) in [5.74, 6) is 0.394. The van der Waals surface area contributed by atoms with Crippen LogP contribution in [0.25, 0.3) is 0 Å². The van der Waals surface area contributed by atoms with Crippen LogP contribution in [0.4, 0.5) is 0 Å². The van der Waals surface area contributed by atoms with Crippen molar-refractivity contribution in [1.82, 2.24) is 4.31 Å². The molecule has 2 rings (SSSR count). The van der Waals surface area contributed by atoms with Crippen molar-refractivity contribution in [2.45, 2.75) is 30.7 Å². The molecule has 7 heteroatoms. The molecule has 0 unspecified atom stereocenters. The maximum Gasteiger partial charge on any atom is 0.246 e. The zero-order valence-electron chi connectivity index (χ0n) is 11.4. The predicted molar refractivity (Wildman–Crippen MR) is 81.3 cm³/mol. The Balaban J connectivity index is 2.35. The standard InChI is InChI=1S/C13H19BrN2O3S/c1-2-19-12-4-3-10(14)9-13(12)20(17,18)16-7-5-11(15)6-8-16/h3-4,9,11H,2,5-8,15H2,1H3. The van der Waals surface area contributed by atoms with Crippen LogP contribution in [0.15, 0.2) is 27.6 Å². The fraction of sp³-hybridized carbons (Fsp3) is 0.538. The second kappa shape index (κ2) is 6.43. The number of nitrogens with zero attached hydrogens (tertiary/aromatic N) is 1. The van der Waals surface area contributed by atoms with Crippen molar-refractivity contribution in [3.05, 3.63) is 22.7 Å². The molecule has 0 aliphatic carbocycles. The van der Waals surface area contributed by atoms with Crippen molar-refractivity contribution in [3.63, 3.8) is 0 Å². The van der Waals surface area contributed by atoms with E-state index >= 15 is 0 Å². The third-order valence-corrected chi connectivity index (χ3v) is 5.74. The fourth-order valence-corrected chi connectivity index (χ4v) is 4.35. The minimum Gasteiger partial charge on any atom is -0.492 e. The molecular weight excluding hydrogens is 344 g/mol. The van der Waals surface area contributed by atoms with Crippen molar-refractivity contribution >= 4 is 26.0 Å². The van der Waals surface area contributed by atoms with E-state index in [0.717, 1.165) is 0 Å². The SMILES string of the molecule is CCOc1ccc(Br)cc1S(=O)(=O)N1CCC(N)CC1. The van der Waals surface area contributed by atoms with E-state index in [1.54, 1.807) is 18.2 Å². The molecule has 112 valence electrons. The largest absolute Gasteiger partial charge is 0.492 e. The van der Waals surface area contributed by atoms with Crippen molar-refractivity contribution in [1.29, 1.82) is 0 Å². The zero-order valence-corrected chi connectivity index (χ0v) is 13.8. The Hall–Kier alpha value is -0.630. The highest BCUT2D eigenvalue weighted by Crippen LogP contribution is 2.31. The van der Waals surface area contributed by atoms with Crippen LogP contribution in [0.3, 0.4) is 0 Å². The molecular formula is C13H19BrN2O3S. The lowest BCUT2D eigenvalue weighted by Gasteiger charge is -2.29. The van der Waals surface area contributed by atoms with E-state index < -0.39 is 10.0 Å². The van der Waals surface area contributed by atoms with Gasteiger partial charge in [0.25, 0.3) is 0 Å². The van der Waals surface area contributed by atoms with Gasteiger partial charge in [0.2, 0.25) is 10.0 Å². The molecule has 1 fully saturated rings. The average Bonchev–Trinajstić information content (AvgIpc) is 2.41. The number of sulfonamides is 1. The minimum absolute atomic E-state index is 0.0929. The topological polar surface area (TPSA) is 72.6 Å². The molecule has 1 aromatic rings. The Morgan fingerprint density at radius 3 is 2.65 bits per heavy atom. The summed E-state index contributed by atoms with van der Waals surface area (Å²) >= 11 is 3.31. The molecule has 0 bridgehead atoms. The van der Waals surface area contributed by atoms with E-state index in [2.05, 4.69) is 15.9 Å². The van der Waals surface area contributed by atoms with Gasteiger partial charge in [-0.25, -0.2) is 8.42 Å². The van der Waals surface area contributed by atoms with Crippen molar-refractivity contribution in [3.8, 4) is 5.75 Å². The van der Waals surface area contributed by atoms with E-state index in [1.807, 2.05) is 6.92 Å². The Labute approximate surface area is 128 Å². The van der Waals surface area contributed by atoms with Crippen molar-refractivity contribution in [2.75, 3.05) is 19.7 Å². The number of nitrogens with two attached hydrogens (primary N) is 1. The molecule has 1 aliphatic rings. The third-order valence-electron chi connectivity index (χ3n) is 3.32. The molecule has 0 amide bonds. The maximum atomic E-state index is 12.7. The average molecular weight is 363 g/mol. The molecule has 5 nitrogen and oxygen atoms in total. The van der Waals surface area contributed by atoms with Gasteiger partial charge < -0.3 is 10.5 Å². The second-order valence-electron chi connectivity index (χ2n) is 4.77. The molecule has 1 heterocycles. The molecule has 1 aromatic carbocycles. The van der Waals surface area contributed by atoms with Crippen LogP contribution in [0, 0.1) is 0 Å². The highest BCUT2D eigenvalue weighted by atomic mass is 79.9. The van der Waals surface area contributed by atoms with Gasteiger partial charge in [-0.3, -0.25) is 0 Å². The smallest absolute Gasteiger partial charge is 0.246 e. The van der Waals surface area contributed by atoms with Gasteiger partial charge in [0.15, 0.2) is 0 Å². The molecule has 2 N–H and O–H groups in total. The highest BCUT2D eigenvalue weighted by molar-refractivity contribution is 9.10. The maximum absolute atomic E-state index is 12.7. The number of piperidine rings is 1. The number of ether oxygens (including phenoxy) is 1. The molecule has 0 saturated carbocycles. The number of rotatable bonds is 4. The van der Waals surface area contributed by atoms with Gasteiger partial charge in [0.05, 0.1) is 6.61 Å². The van der Waals surface area contributed by atoms with E-state index in [9.17, 15) is 8.42 Å². The number of halogens is 1. The molecule has 1 aliphatic heterocycles. The lowest BCUT2D eigenvalue weighted by molar-refractivity contribution is 0.311. The predicted octanol–water partition coefficient (Wildman–Crippen LogP) is 1.96. The first-order valence-electron chi connectivity index (χ1n) is 6.63. The lowest BCUT2D eigenvalue weighted by Crippen LogP contribution is -2.42. The second-order valence-corrected chi connectivity index (χ2v) is 7.59. The van der Waals surface area contributed by atoms with Crippen molar-refractivity contribution < 1.29 is 13.2 Å². The summed E-state index contributed by atoms with van der Waals surface area (Å²) in [5, 5.41) is 0. The zero-order chi connectivity index (χ0) is 14.8. The third kappa shape index (κ3) is 3.33. The van der Waals surface area contributed by atoms with Gasteiger partial charge >= 0.3 is 0 Å². The van der Waals surface area contributed by atoms with Crippen LogP contribution in [0.5, 0.6) is 5.75 Å². The van der Waals surface area contributed by atoms with E-state index in [0.29, 0.717) is 42.8 Å². The summed E-state index contributed by atoms with van der Waals surface area (Å²) in [6.45, 7) is 3.18. The van der Waals surface area contributed by atoms with E-state index in [4.69, 9.17) is 10.5 Å². The Bertz CT molecular complexity index is 569. The fourth-order valence-electron chi connectivity index (χ4n) is 2.21. The molecule has 1 saturated heterocycles. The van der Waals surface area contributed by atoms with Crippen LogP contribution >= 0.6 is 15.9 Å². The van der Waals surface area contributed by atoms with Gasteiger partial charge in [-0.1, -0.05) is 15.9 Å². The Morgan fingerprint density at radius 1 is 1.40 bits per heavy atom. The quantitative estimate of drug-likeness (QED) is 0.888. The number of hydrogen-bond acceptors (Lipinski definition) is 4. The molecule has 0 radical (unpaired) electrons. The van der Waals surface area contributed by atoms with Crippen LogP contribution < -0.4 is 10.5 Å². The molecule has 0 aromatic heterocycles. The summed E-state index contributed by atoms with van der Waals surface area (Å²) in [6, 6.07) is 5.14. The van der Waals surface area contributed by atoms with E-state index in [-0.39, 0.29) is 10.9 Å². The minimum atomic E-state index is -3.54. The highest BCUT2D eigenvalue weighted by Gasteiger charge is 2.30. The molecule has 0 atom stereocenters. The van der Waals surface area contributed by atoms with Crippen LogP contribution in [0.2, 0.25) is 0 Å². The molecule has 20 heavy (non-hydrogen) atoms. The van der Waals surface area contributed by atoms with Crippen molar-refractivity contribution in [2.24, 2.45) is 5.73 Å². The first-order chi connectivity index (χ1) is 9.45. The lowest BCUT2D eigenvalue weighted by atomic mass is 10.1. The van der Waals surface area contributed by atoms with Gasteiger partial charge in [-0.05, 0) is 38.0 Å². The van der Waals surface area contributed by atoms with Crippen LogP contribution in [0.1, 0.15) is 19.8 Å². The first kappa shape index (κ1) is 15.8. The van der Waals surface area contributed by atoms with Crippen LogP contribution in [-0.4, -0.2) is 38.5 Å². The summed E-state index contributed by atoms with van der Waals surface area (Å²) in [6.07, 6.45) is 1.38. The normalized spacial score (nSPS) is 18.1. The van der Waals surface area contributed by atoms with Gasteiger partial charge in [0, 0.05) is 23.6 Å². The summed E-state index contributed by atoms with van der Waals surface area (Å²) in [5.41, 5.74) is 5.83. The summed E-state index contributed by atoms with van der Waals surface area (Å²) in [7, 11) is -3.54. The van der Waals surface area contributed by atoms with Crippen LogP contribution in [-0.2, 0) is 10.0 Å². The Kier molecular flexibility index (Phi) is 5.06. The number of hydrogen-bond donors (Lipinski definition) is 1. The van der Waals surface area contributed by atoms with E-state index in [1.165, 1.54) is 4.31 Å². The summed E-state index contributed by atoms with van der Waals surface area (Å²) < 4.78 is 33.1. The Morgan fingerprint density at radius 2 is 2.05 bits per heavy atom. The van der Waals surface area contributed by atoms with Gasteiger partial charge in [-0.15, -0.1) is 0 Å². The summed E-state index contributed by atoms with van der Waals surface area (Å²) in [4.78, 5) is 0.212. The number of benzene rings is 1. The molecule has 0 spiro atoms. The van der Waals surface area contributed by atoms with Gasteiger partial charge in [-0.2, -0.15) is 4.31 Å². The van der Waals surface area contributed by atoms with Gasteiger partial charge in [0.1, 0.15) is 10.6 Å². The first-order valence-corrected chi connectivity index (χ1v) is 8.86. The monoisotopic (exact) mass is 362 g/mol.